The Balaban J connectivity index is 1.98. The third-order valence-corrected chi connectivity index (χ3v) is 7.86. The summed E-state index contributed by atoms with van der Waals surface area (Å²) in [7, 11) is -1.28. The second-order valence-corrected chi connectivity index (χ2v) is 11.0. The van der Waals surface area contributed by atoms with Gasteiger partial charge in [0.05, 0.1) is 12.3 Å². The summed E-state index contributed by atoms with van der Waals surface area (Å²) in [6.45, 7) is 11.9. The molecule has 0 spiro atoms. The van der Waals surface area contributed by atoms with E-state index in [0.717, 1.165) is 60.2 Å². The van der Waals surface area contributed by atoms with Crippen molar-refractivity contribution >= 4 is 22.3 Å². The van der Waals surface area contributed by atoms with Gasteiger partial charge >= 0.3 is 0 Å². The average Bonchev–Trinajstić information content (AvgIpc) is 2.85. The molecule has 0 radical (unpaired) electrons. The number of aromatic nitrogens is 1. The van der Waals surface area contributed by atoms with Gasteiger partial charge in [0.1, 0.15) is 17.2 Å². The second kappa shape index (κ2) is 12.4. The summed E-state index contributed by atoms with van der Waals surface area (Å²) >= 11 is 0. The van der Waals surface area contributed by atoms with Crippen molar-refractivity contribution in [2.45, 2.75) is 40.0 Å². The van der Waals surface area contributed by atoms with Crippen LogP contribution in [0.3, 0.4) is 0 Å². The summed E-state index contributed by atoms with van der Waals surface area (Å²) in [6, 6.07) is 4.00. The second-order valence-electron chi connectivity index (χ2n) is 9.52. The van der Waals surface area contributed by atoms with Crippen LogP contribution in [0.25, 0.3) is 5.57 Å². The lowest BCUT2D eigenvalue weighted by molar-refractivity contribution is 0.282. The summed E-state index contributed by atoms with van der Waals surface area (Å²) in [6.07, 6.45) is 14.7. The molecule has 0 saturated carbocycles. The van der Waals surface area contributed by atoms with Crippen molar-refractivity contribution in [1.82, 2.24) is 9.29 Å². The van der Waals surface area contributed by atoms with Gasteiger partial charge in [-0.1, -0.05) is 42.0 Å². The molecule has 1 aliphatic heterocycles. The van der Waals surface area contributed by atoms with E-state index >= 15 is 0 Å². The summed E-state index contributed by atoms with van der Waals surface area (Å²) in [5.41, 5.74) is 13.5. The number of nitrogens with two attached hydrogens (primary N) is 1. The van der Waals surface area contributed by atoms with E-state index in [2.05, 4.69) is 47.1 Å². The lowest BCUT2D eigenvalue weighted by Gasteiger charge is -2.29. The van der Waals surface area contributed by atoms with Gasteiger partial charge in [0, 0.05) is 48.4 Å². The van der Waals surface area contributed by atoms with Crippen LogP contribution in [0.4, 0.5) is 0 Å². The normalized spacial score (nSPS) is 22.9. The van der Waals surface area contributed by atoms with Crippen LogP contribution in [0.15, 0.2) is 82.4 Å². The van der Waals surface area contributed by atoms with Crippen LogP contribution in [0.2, 0.25) is 0 Å². The maximum absolute atomic E-state index is 11.9. The van der Waals surface area contributed by atoms with Crippen LogP contribution in [-0.4, -0.2) is 46.1 Å². The topological polar surface area (TPSA) is 91.8 Å². The number of piperidine rings is 1. The average molecular weight is 496 g/mol. The minimum absolute atomic E-state index is 0.117. The minimum Gasteiger partial charge on any atom is -0.401 e. The fourth-order valence-electron chi connectivity index (χ4n) is 4.71. The van der Waals surface area contributed by atoms with Crippen LogP contribution < -0.4 is 5.73 Å². The molecule has 2 unspecified atom stereocenters. The highest BCUT2D eigenvalue weighted by molar-refractivity contribution is 7.81. The summed E-state index contributed by atoms with van der Waals surface area (Å²) in [5.74, 6) is 0.586. The summed E-state index contributed by atoms with van der Waals surface area (Å²) < 4.78 is 13.9. The third kappa shape index (κ3) is 6.97. The Kier molecular flexibility index (Phi) is 9.55. The van der Waals surface area contributed by atoms with Crippen molar-refractivity contribution in [3.63, 3.8) is 0 Å². The molecule has 3 rings (SSSR count). The molecule has 2 atom stereocenters. The molecule has 0 bridgehead atoms. The first-order valence-electron chi connectivity index (χ1n) is 12.2. The highest BCUT2D eigenvalue weighted by Crippen LogP contribution is 2.38. The lowest BCUT2D eigenvalue weighted by Crippen LogP contribution is -2.34. The van der Waals surface area contributed by atoms with Gasteiger partial charge in [0.2, 0.25) is 0 Å². The molecule has 6 nitrogen and oxygen atoms in total. The number of hydrogen-bond donors (Lipinski definition) is 2. The largest absolute Gasteiger partial charge is 0.401 e. The molecule has 2 aliphatic rings. The first-order chi connectivity index (χ1) is 16.7. The Labute approximate surface area is 212 Å². The van der Waals surface area contributed by atoms with Gasteiger partial charge in [-0.2, -0.15) is 0 Å². The van der Waals surface area contributed by atoms with Crippen molar-refractivity contribution in [2.24, 2.45) is 22.6 Å². The Hall–Kier alpha value is -2.61. The van der Waals surface area contributed by atoms with Gasteiger partial charge in [0.15, 0.2) is 0 Å². The van der Waals surface area contributed by atoms with E-state index in [1.165, 1.54) is 0 Å². The van der Waals surface area contributed by atoms with E-state index < -0.39 is 11.0 Å². The zero-order valence-corrected chi connectivity index (χ0v) is 22.3. The molecule has 35 heavy (non-hydrogen) atoms. The molecular weight excluding hydrogens is 456 g/mol. The van der Waals surface area contributed by atoms with Gasteiger partial charge in [-0.3, -0.25) is 9.98 Å². The molecule has 2 heterocycles. The number of pyridine rings is 1. The molecule has 1 aromatic rings. The standard InChI is InChI=1S/C28H38N4O2S/c1-19-16-24(25-7-6-12-30-17-25)8-9-26(19)27(28(22(4)29)31-21(3)18-33)20(2)15-23-10-13-32(14-11-23)35(5)34/h6-9,12,16-17,19,23,33H,2,10-11,13-15,18,29H2,1,3-5H3/p+1/b27-26-,28-22-,31-21?. The molecule has 1 aromatic heterocycles. The van der Waals surface area contributed by atoms with Crippen molar-refractivity contribution < 1.29 is 9.32 Å². The van der Waals surface area contributed by atoms with E-state index in [-0.39, 0.29) is 12.5 Å². The molecule has 7 heteroatoms. The highest BCUT2D eigenvalue weighted by atomic mass is 32.2. The molecule has 3 N–H and O–H groups in total. The van der Waals surface area contributed by atoms with Crippen molar-refractivity contribution in [3.05, 3.63) is 83.0 Å². The van der Waals surface area contributed by atoms with Gasteiger partial charge in [0.25, 0.3) is 0 Å². The number of aliphatic hydroxyl groups excluding tert-OH is 1. The Morgan fingerprint density at radius 3 is 2.57 bits per heavy atom. The Morgan fingerprint density at radius 1 is 1.31 bits per heavy atom. The van der Waals surface area contributed by atoms with Crippen molar-refractivity contribution in [3.8, 4) is 0 Å². The van der Waals surface area contributed by atoms with Crippen molar-refractivity contribution in [1.29, 1.82) is 0 Å². The number of nitrogens with zero attached hydrogens (tertiary/aromatic N) is 3. The Bertz CT molecular complexity index is 1100. The molecule has 0 amide bonds. The summed E-state index contributed by atoms with van der Waals surface area (Å²) in [5, 5.41) is 9.65. The highest BCUT2D eigenvalue weighted by Gasteiger charge is 2.27. The number of rotatable bonds is 8. The number of allylic oxidation sites excluding steroid dienone is 7. The monoisotopic (exact) mass is 495 g/mol. The molecule has 1 fully saturated rings. The molecular formula is C28H39N4O2S+. The molecule has 1 aliphatic carbocycles. The number of aliphatic imine (C=N–C) groups is 1. The summed E-state index contributed by atoms with van der Waals surface area (Å²) in [4.78, 5) is 8.98. The molecule has 1 saturated heterocycles. The smallest absolute Gasteiger partial charge is 0.142 e. The van der Waals surface area contributed by atoms with Crippen LogP contribution >= 0.6 is 0 Å². The zero-order chi connectivity index (χ0) is 25.5. The van der Waals surface area contributed by atoms with Gasteiger partial charge in [-0.05, 0) is 67.4 Å². The van der Waals surface area contributed by atoms with Gasteiger partial charge in [-0.15, -0.1) is 4.31 Å². The Morgan fingerprint density at radius 2 is 2.03 bits per heavy atom. The van der Waals surface area contributed by atoms with Crippen LogP contribution in [0, 0.1) is 11.8 Å². The minimum atomic E-state index is -1.28. The van der Waals surface area contributed by atoms with Gasteiger partial charge < -0.3 is 10.8 Å². The maximum Gasteiger partial charge on any atom is 0.142 e. The lowest BCUT2D eigenvalue weighted by atomic mass is 9.81. The van der Waals surface area contributed by atoms with E-state index in [0.29, 0.717) is 23.0 Å². The fourth-order valence-corrected chi connectivity index (χ4v) is 5.51. The zero-order valence-electron chi connectivity index (χ0n) is 21.4. The van der Waals surface area contributed by atoms with E-state index in [4.69, 9.17) is 10.7 Å². The molecule has 188 valence electrons. The van der Waals surface area contributed by atoms with E-state index in [1.54, 1.807) is 19.4 Å². The van der Waals surface area contributed by atoms with Crippen LogP contribution in [0.1, 0.15) is 45.6 Å². The number of aliphatic hydroxyl groups is 1. The SMILES string of the molecule is C=C(CC1CCN([SH+](C)=O)CC1)C(/C(N=C(C)CO)=C(\C)N)=C1\C=CC(c2cccnc2)=CC1C. The molecule has 0 aromatic carbocycles. The van der Waals surface area contributed by atoms with Crippen molar-refractivity contribution in [2.75, 3.05) is 26.0 Å². The first kappa shape index (κ1) is 27.0. The first-order valence-corrected chi connectivity index (χ1v) is 13.9. The van der Waals surface area contributed by atoms with Crippen LogP contribution in [-0.2, 0) is 15.2 Å². The predicted octanol–water partition coefficient (Wildman–Crippen LogP) is 4.51. The predicted molar refractivity (Wildman–Crippen MR) is 148 cm³/mol. The van der Waals surface area contributed by atoms with E-state index in [9.17, 15) is 9.32 Å². The number of hydrogen-bond acceptors (Lipinski definition) is 5. The fraction of sp³-hybridized carbons (Fsp3) is 0.429. The van der Waals surface area contributed by atoms with E-state index in [1.807, 2.05) is 19.2 Å². The maximum atomic E-state index is 11.9. The van der Waals surface area contributed by atoms with Crippen LogP contribution in [0.5, 0.6) is 0 Å². The quantitative estimate of drug-likeness (QED) is 0.315. The third-order valence-electron chi connectivity index (χ3n) is 6.67. The number of thiol groups is 1. The van der Waals surface area contributed by atoms with Gasteiger partial charge in [-0.25, -0.2) is 0 Å².